The second-order valence-corrected chi connectivity index (χ2v) is 6.85. The van der Waals surface area contributed by atoms with Crippen molar-refractivity contribution >= 4 is 29.8 Å². The lowest BCUT2D eigenvalue weighted by Crippen LogP contribution is -2.51. The number of aliphatic carboxylic acids is 2. The van der Waals surface area contributed by atoms with Gasteiger partial charge in [0.1, 0.15) is 0 Å². The SMILES string of the molecule is CCOC(=O)CN(CC)CCNCC(CCN1CC(=O)OC(=O)C1)(C(=O)O)C(=O)O. The Kier molecular flexibility index (Phi) is 10.4. The van der Waals surface area contributed by atoms with Gasteiger partial charge in [0.2, 0.25) is 0 Å². The standard InChI is InChI=1S/C18H29N3O9/c1-3-20(9-13(22)29-4-2)8-6-19-12-18(16(25)26,17(27)28)5-7-21-10-14(23)30-15(24)11-21/h19H,3-12H2,1-2H3,(H,25,26)(H,27,28). The molecule has 0 radical (unpaired) electrons. The summed E-state index contributed by atoms with van der Waals surface area (Å²) in [5, 5.41) is 22.0. The number of hydrogen-bond acceptors (Lipinski definition) is 10. The molecule has 0 atom stereocenters. The number of rotatable bonds is 14. The molecule has 12 nitrogen and oxygen atoms in total. The molecule has 0 aliphatic carbocycles. The first-order chi connectivity index (χ1) is 14.1. The van der Waals surface area contributed by atoms with Gasteiger partial charge in [-0.25, -0.2) is 0 Å². The zero-order chi connectivity index (χ0) is 22.7. The number of cyclic esters (lactones) is 2. The fourth-order valence-corrected chi connectivity index (χ4v) is 2.94. The molecule has 1 saturated heterocycles. The number of morpholine rings is 1. The molecular formula is C18H29N3O9. The fourth-order valence-electron chi connectivity index (χ4n) is 2.94. The predicted molar refractivity (Wildman–Crippen MR) is 101 cm³/mol. The van der Waals surface area contributed by atoms with E-state index >= 15 is 0 Å². The van der Waals surface area contributed by atoms with Gasteiger partial charge in [-0.2, -0.15) is 0 Å². The molecule has 1 aliphatic heterocycles. The van der Waals surface area contributed by atoms with Crippen molar-refractivity contribution in [2.24, 2.45) is 5.41 Å². The Hall–Kier alpha value is -2.57. The van der Waals surface area contributed by atoms with Crippen LogP contribution in [0.5, 0.6) is 0 Å². The van der Waals surface area contributed by atoms with Crippen molar-refractivity contribution in [2.45, 2.75) is 20.3 Å². The molecule has 1 rings (SSSR count). The molecule has 3 N–H and O–H groups in total. The van der Waals surface area contributed by atoms with E-state index in [2.05, 4.69) is 10.1 Å². The number of ether oxygens (including phenoxy) is 2. The maximum atomic E-state index is 11.8. The molecule has 1 aliphatic rings. The summed E-state index contributed by atoms with van der Waals surface area (Å²) >= 11 is 0. The minimum Gasteiger partial charge on any atom is -0.480 e. The second-order valence-electron chi connectivity index (χ2n) is 6.85. The lowest BCUT2D eigenvalue weighted by atomic mass is 9.84. The van der Waals surface area contributed by atoms with Gasteiger partial charge in [-0.05, 0) is 19.9 Å². The van der Waals surface area contributed by atoms with Crippen LogP contribution in [0.25, 0.3) is 0 Å². The summed E-state index contributed by atoms with van der Waals surface area (Å²) in [6.45, 7) is 4.24. The topological polar surface area (TPSA) is 163 Å². The Morgan fingerprint density at radius 1 is 1.17 bits per heavy atom. The van der Waals surface area contributed by atoms with E-state index in [1.807, 2.05) is 6.92 Å². The molecule has 12 heteroatoms. The highest BCUT2D eigenvalue weighted by molar-refractivity contribution is 5.98. The highest BCUT2D eigenvalue weighted by Gasteiger charge is 2.46. The van der Waals surface area contributed by atoms with E-state index < -0.39 is 29.3 Å². The molecule has 0 unspecified atom stereocenters. The van der Waals surface area contributed by atoms with Gasteiger partial charge in [-0.1, -0.05) is 6.92 Å². The van der Waals surface area contributed by atoms with E-state index in [1.165, 1.54) is 4.90 Å². The molecule has 30 heavy (non-hydrogen) atoms. The highest BCUT2D eigenvalue weighted by atomic mass is 16.6. The fraction of sp³-hybridized carbons (Fsp3) is 0.722. The van der Waals surface area contributed by atoms with Crippen molar-refractivity contribution in [3.05, 3.63) is 0 Å². The van der Waals surface area contributed by atoms with Crippen molar-refractivity contribution in [3.63, 3.8) is 0 Å². The molecule has 0 bridgehead atoms. The largest absolute Gasteiger partial charge is 0.480 e. The van der Waals surface area contributed by atoms with Crippen LogP contribution in [0, 0.1) is 5.41 Å². The van der Waals surface area contributed by atoms with Gasteiger partial charge in [0.25, 0.3) is 0 Å². The summed E-state index contributed by atoms with van der Waals surface area (Å²) in [4.78, 5) is 60.9. The van der Waals surface area contributed by atoms with Crippen LogP contribution >= 0.6 is 0 Å². The first-order valence-corrected chi connectivity index (χ1v) is 9.66. The molecule has 0 spiro atoms. The average Bonchev–Trinajstić information content (AvgIpc) is 2.65. The summed E-state index contributed by atoms with van der Waals surface area (Å²) in [6, 6.07) is 0. The third-order valence-corrected chi connectivity index (χ3v) is 4.74. The second kappa shape index (κ2) is 12.2. The average molecular weight is 431 g/mol. The predicted octanol–water partition coefficient (Wildman–Crippen LogP) is -1.61. The number of carboxylic acids is 2. The maximum absolute atomic E-state index is 11.8. The smallest absolute Gasteiger partial charge is 0.327 e. The van der Waals surface area contributed by atoms with Crippen LogP contribution in [-0.2, 0) is 33.4 Å². The minimum atomic E-state index is -2.14. The summed E-state index contributed by atoms with van der Waals surface area (Å²) in [5.41, 5.74) is -2.14. The van der Waals surface area contributed by atoms with E-state index in [4.69, 9.17) is 4.74 Å². The van der Waals surface area contributed by atoms with Crippen molar-refractivity contribution in [2.75, 3.05) is 59.0 Å². The Bertz CT molecular complexity index is 623. The number of hydrogen-bond donors (Lipinski definition) is 3. The Morgan fingerprint density at radius 2 is 1.77 bits per heavy atom. The first-order valence-electron chi connectivity index (χ1n) is 9.66. The Balaban J connectivity index is 2.64. The van der Waals surface area contributed by atoms with Gasteiger partial charge in [0.05, 0.1) is 26.2 Å². The minimum absolute atomic E-state index is 0.0775. The maximum Gasteiger partial charge on any atom is 0.327 e. The van der Waals surface area contributed by atoms with Crippen LogP contribution in [0.15, 0.2) is 0 Å². The van der Waals surface area contributed by atoms with Crippen LogP contribution in [-0.4, -0.2) is 109 Å². The van der Waals surface area contributed by atoms with Crippen molar-refractivity contribution in [3.8, 4) is 0 Å². The quantitative estimate of drug-likeness (QED) is 0.164. The Labute approximate surface area is 174 Å². The lowest BCUT2D eigenvalue weighted by Gasteiger charge is -2.30. The normalized spacial score (nSPS) is 15.2. The number of carbonyl (C=O) groups excluding carboxylic acids is 3. The zero-order valence-electron chi connectivity index (χ0n) is 17.2. The zero-order valence-corrected chi connectivity index (χ0v) is 17.2. The van der Waals surface area contributed by atoms with E-state index in [9.17, 15) is 34.2 Å². The Morgan fingerprint density at radius 3 is 2.27 bits per heavy atom. The summed E-state index contributed by atoms with van der Waals surface area (Å²) in [6.07, 6.45) is -0.314. The molecule has 1 heterocycles. The summed E-state index contributed by atoms with van der Waals surface area (Å²) in [5.74, 6) is -4.94. The van der Waals surface area contributed by atoms with E-state index in [-0.39, 0.29) is 58.3 Å². The van der Waals surface area contributed by atoms with Crippen molar-refractivity contribution < 1.29 is 43.7 Å². The number of carbonyl (C=O) groups is 5. The van der Waals surface area contributed by atoms with E-state index in [1.54, 1.807) is 11.8 Å². The van der Waals surface area contributed by atoms with E-state index in [0.717, 1.165) is 0 Å². The molecule has 1 fully saturated rings. The van der Waals surface area contributed by atoms with Gasteiger partial charge in [0, 0.05) is 26.2 Å². The van der Waals surface area contributed by atoms with Gasteiger partial charge in [-0.15, -0.1) is 0 Å². The van der Waals surface area contributed by atoms with Crippen LogP contribution in [0.2, 0.25) is 0 Å². The monoisotopic (exact) mass is 431 g/mol. The molecule has 0 aromatic heterocycles. The molecule has 0 saturated carbocycles. The number of esters is 3. The summed E-state index contributed by atoms with van der Waals surface area (Å²) in [7, 11) is 0. The summed E-state index contributed by atoms with van der Waals surface area (Å²) < 4.78 is 9.28. The third-order valence-electron chi connectivity index (χ3n) is 4.74. The molecule has 0 aromatic rings. The van der Waals surface area contributed by atoms with Crippen LogP contribution in [0.1, 0.15) is 20.3 Å². The van der Waals surface area contributed by atoms with Gasteiger partial charge >= 0.3 is 29.8 Å². The van der Waals surface area contributed by atoms with Crippen LogP contribution < -0.4 is 5.32 Å². The lowest BCUT2D eigenvalue weighted by molar-refractivity contribution is -0.167. The number of likely N-dealkylation sites (N-methyl/N-ethyl adjacent to an activating group) is 1. The van der Waals surface area contributed by atoms with Crippen LogP contribution in [0.4, 0.5) is 0 Å². The molecule has 0 amide bonds. The van der Waals surface area contributed by atoms with Crippen LogP contribution in [0.3, 0.4) is 0 Å². The van der Waals surface area contributed by atoms with Gasteiger partial charge in [-0.3, -0.25) is 33.8 Å². The third kappa shape index (κ3) is 7.69. The molecule has 0 aromatic carbocycles. The number of nitrogens with zero attached hydrogens (tertiary/aromatic N) is 2. The highest BCUT2D eigenvalue weighted by Crippen LogP contribution is 2.23. The molecular weight excluding hydrogens is 402 g/mol. The van der Waals surface area contributed by atoms with Crippen molar-refractivity contribution in [1.82, 2.24) is 15.1 Å². The van der Waals surface area contributed by atoms with Gasteiger partial charge in [0.15, 0.2) is 5.41 Å². The van der Waals surface area contributed by atoms with Crippen molar-refractivity contribution in [1.29, 1.82) is 0 Å². The number of carboxylic acid groups (broad SMARTS) is 2. The molecule has 170 valence electrons. The van der Waals surface area contributed by atoms with Gasteiger partial charge < -0.3 is 25.0 Å². The number of nitrogens with one attached hydrogen (secondary N) is 1. The first kappa shape index (κ1) is 25.5. The van der Waals surface area contributed by atoms with E-state index in [0.29, 0.717) is 13.1 Å².